The van der Waals surface area contributed by atoms with E-state index in [1.165, 1.54) is 0 Å². The van der Waals surface area contributed by atoms with Gasteiger partial charge in [-0.2, -0.15) is 9.97 Å². The van der Waals surface area contributed by atoms with Crippen molar-refractivity contribution in [3.05, 3.63) is 6.07 Å². The molecule has 0 radical (unpaired) electrons. The largest absolute Gasteiger partial charge is 0.481 e. The standard InChI is InChI=1S/C11H18N4O2/c1-16-9-7-10(17-2)15-11(14-9)13-8-3-5-12-6-4-8/h7-8,12H,3-6H2,1-2H3,(H,13,14,15). The van der Waals surface area contributed by atoms with Crippen molar-refractivity contribution in [2.75, 3.05) is 32.6 Å². The summed E-state index contributed by atoms with van der Waals surface area (Å²) in [5.74, 6) is 1.58. The molecule has 1 aromatic heterocycles. The first-order chi connectivity index (χ1) is 8.31. The topological polar surface area (TPSA) is 68.3 Å². The molecule has 0 aromatic carbocycles. The SMILES string of the molecule is COc1cc(OC)nc(NC2CCNCC2)n1. The molecule has 17 heavy (non-hydrogen) atoms. The molecule has 0 amide bonds. The van der Waals surface area contributed by atoms with Gasteiger partial charge in [-0.05, 0) is 25.9 Å². The van der Waals surface area contributed by atoms with Crippen molar-refractivity contribution < 1.29 is 9.47 Å². The van der Waals surface area contributed by atoms with Crippen LogP contribution in [0.5, 0.6) is 11.8 Å². The Balaban J connectivity index is 2.07. The second-order valence-electron chi connectivity index (χ2n) is 3.94. The number of anilines is 1. The van der Waals surface area contributed by atoms with E-state index in [2.05, 4.69) is 20.6 Å². The molecule has 0 unspecified atom stereocenters. The highest BCUT2D eigenvalue weighted by Crippen LogP contribution is 2.18. The molecule has 2 N–H and O–H groups in total. The summed E-state index contributed by atoms with van der Waals surface area (Å²) in [6, 6.07) is 2.07. The number of hydrogen-bond donors (Lipinski definition) is 2. The van der Waals surface area contributed by atoms with E-state index < -0.39 is 0 Å². The lowest BCUT2D eigenvalue weighted by atomic mass is 10.1. The number of nitrogens with zero attached hydrogens (tertiary/aromatic N) is 2. The van der Waals surface area contributed by atoms with Crippen molar-refractivity contribution in [3.8, 4) is 11.8 Å². The van der Waals surface area contributed by atoms with Gasteiger partial charge in [0.1, 0.15) is 0 Å². The van der Waals surface area contributed by atoms with Crippen molar-refractivity contribution in [1.82, 2.24) is 15.3 Å². The second-order valence-corrected chi connectivity index (χ2v) is 3.94. The molecule has 2 heterocycles. The summed E-state index contributed by atoms with van der Waals surface area (Å²) in [4.78, 5) is 8.50. The Morgan fingerprint density at radius 2 is 1.76 bits per heavy atom. The summed E-state index contributed by atoms with van der Waals surface area (Å²) >= 11 is 0. The summed E-state index contributed by atoms with van der Waals surface area (Å²) in [6.07, 6.45) is 2.14. The monoisotopic (exact) mass is 238 g/mol. The van der Waals surface area contributed by atoms with Gasteiger partial charge >= 0.3 is 0 Å². The van der Waals surface area contributed by atoms with Crippen LogP contribution in [0.3, 0.4) is 0 Å². The van der Waals surface area contributed by atoms with Crippen LogP contribution >= 0.6 is 0 Å². The highest BCUT2D eigenvalue weighted by Gasteiger charge is 2.14. The Kier molecular flexibility index (Phi) is 3.98. The molecular formula is C11H18N4O2. The number of hydrogen-bond acceptors (Lipinski definition) is 6. The molecule has 2 rings (SSSR count). The van der Waals surface area contributed by atoms with E-state index in [1.54, 1.807) is 20.3 Å². The van der Waals surface area contributed by atoms with E-state index in [-0.39, 0.29) is 0 Å². The van der Waals surface area contributed by atoms with Crippen molar-refractivity contribution in [3.63, 3.8) is 0 Å². The van der Waals surface area contributed by atoms with Crippen LogP contribution in [0.4, 0.5) is 5.95 Å². The predicted molar refractivity (Wildman–Crippen MR) is 64.7 cm³/mol. The average Bonchev–Trinajstić information content (AvgIpc) is 2.39. The van der Waals surface area contributed by atoms with Gasteiger partial charge in [0.2, 0.25) is 17.7 Å². The molecule has 0 atom stereocenters. The van der Waals surface area contributed by atoms with Crippen LogP contribution in [0.2, 0.25) is 0 Å². The molecule has 1 aromatic rings. The van der Waals surface area contributed by atoms with E-state index in [9.17, 15) is 0 Å². The quantitative estimate of drug-likeness (QED) is 0.803. The number of ether oxygens (including phenoxy) is 2. The number of methoxy groups -OCH3 is 2. The fraction of sp³-hybridized carbons (Fsp3) is 0.636. The van der Waals surface area contributed by atoms with E-state index >= 15 is 0 Å². The normalized spacial score (nSPS) is 16.6. The van der Waals surface area contributed by atoms with Gasteiger partial charge in [0.15, 0.2) is 0 Å². The molecule has 0 aliphatic carbocycles. The molecule has 94 valence electrons. The third-order valence-electron chi connectivity index (χ3n) is 2.77. The lowest BCUT2D eigenvalue weighted by Crippen LogP contribution is -2.35. The van der Waals surface area contributed by atoms with Gasteiger partial charge in [0.05, 0.1) is 20.3 Å². The minimum absolute atomic E-state index is 0.410. The Hall–Kier alpha value is -1.56. The first-order valence-corrected chi connectivity index (χ1v) is 5.76. The van der Waals surface area contributed by atoms with Crippen molar-refractivity contribution in [2.45, 2.75) is 18.9 Å². The highest BCUT2D eigenvalue weighted by molar-refractivity contribution is 5.34. The maximum absolute atomic E-state index is 5.10. The van der Waals surface area contributed by atoms with Gasteiger partial charge in [-0.15, -0.1) is 0 Å². The zero-order valence-corrected chi connectivity index (χ0v) is 10.2. The van der Waals surface area contributed by atoms with E-state index in [1.807, 2.05) is 0 Å². The van der Waals surface area contributed by atoms with E-state index in [0.717, 1.165) is 25.9 Å². The first kappa shape index (κ1) is 11.9. The van der Waals surface area contributed by atoms with Gasteiger partial charge < -0.3 is 20.1 Å². The number of rotatable bonds is 4. The van der Waals surface area contributed by atoms with Gasteiger partial charge in [-0.1, -0.05) is 0 Å². The summed E-state index contributed by atoms with van der Waals surface area (Å²) in [6.45, 7) is 2.05. The summed E-state index contributed by atoms with van der Waals surface area (Å²) < 4.78 is 10.2. The third kappa shape index (κ3) is 3.20. The van der Waals surface area contributed by atoms with Crippen LogP contribution in [0.15, 0.2) is 6.07 Å². The molecule has 1 aliphatic rings. The molecule has 6 nitrogen and oxygen atoms in total. The summed E-state index contributed by atoms with van der Waals surface area (Å²) in [7, 11) is 3.16. The van der Waals surface area contributed by atoms with Crippen molar-refractivity contribution >= 4 is 5.95 Å². The summed E-state index contributed by atoms with van der Waals surface area (Å²) in [5.41, 5.74) is 0. The average molecular weight is 238 g/mol. The Bertz CT molecular complexity index is 344. The predicted octanol–water partition coefficient (Wildman–Crippen LogP) is 0.658. The number of nitrogens with one attached hydrogen (secondary N) is 2. The van der Waals surface area contributed by atoms with Gasteiger partial charge in [-0.25, -0.2) is 0 Å². The smallest absolute Gasteiger partial charge is 0.229 e. The molecule has 0 saturated carbocycles. The Labute approximate surface area is 101 Å². The van der Waals surface area contributed by atoms with Gasteiger partial charge in [0.25, 0.3) is 0 Å². The van der Waals surface area contributed by atoms with Gasteiger partial charge in [0, 0.05) is 6.04 Å². The number of piperidine rings is 1. The highest BCUT2D eigenvalue weighted by atomic mass is 16.5. The van der Waals surface area contributed by atoms with Crippen LogP contribution < -0.4 is 20.1 Å². The lowest BCUT2D eigenvalue weighted by molar-refractivity contribution is 0.372. The zero-order valence-electron chi connectivity index (χ0n) is 10.2. The van der Waals surface area contributed by atoms with Crippen LogP contribution in [0.25, 0.3) is 0 Å². The third-order valence-corrected chi connectivity index (χ3v) is 2.77. The molecule has 6 heteroatoms. The minimum atomic E-state index is 0.410. The Morgan fingerprint density at radius 3 is 2.29 bits per heavy atom. The number of aromatic nitrogens is 2. The van der Waals surface area contributed by atoms with E-state index in [0.29, 0.717) is 23.8 Å². The Morgan fingerprint density at radius 1 is 1.18 bits per heavy atom. The maximum Gasteiger partial charge on any atom is 0.229 e. The van der Waals surface area contributed by atoms with Crippen molar-refractivity contribution in [1.29, 1.82) is 0 Å². The molecule has 1 aliphatic heterocycles. The lowest BCUT2D eigenvalue weighted by Gasteiger charge is -2.23. The molecule has 1 saturated heterocycles. The van der Waals surface area contributed by atoms with Gasteiger partial charge in [-0.3, -0.25) is 0 Å². The van der Waals surface area contributed by atoms with Crippen LogP contribution in [-0.4, -0.2) is 43.3 Å². The minimum Gasteiger partial charge on any atom is -0.481 e. The van der Waals surface area contributed by atoms with Crippen LogP contribution in [0, 0.1) is 0 Å². The van der Waals surface area contributed by atoms with Crippen molar-refractivity contribution in [2.24, 2.45) is 0 Å². The van der Waals surface area contributed by atoms with Crippen LogP contribution in [0.1, 0.15) is 12.8 Å². The second kappa shape index (κ2) is 5.67. The fourth-order valence-electron chi connectivity index (χ4n) is 1.83. The molecule has 1 fully saturated rings. The van der Waals surface area contributed by atoms with Crippen LogP contribution in [-0.2, 0) is 0 Å². The molecule has 0 spiro atoms. The fourth-order valence-corrected chi connectivity index (χ4v) is 1.83. The molecular weight excluding hydrogens is 220 g/mol. The maximum atomic E-state index is 5.10. The summed E-state index contributed by atoms with van der Waals surface area (Å²) in [5, 5.41) is 6.62. The molecule has 0 bridgehead atoms. The first-order valence-electron chi connectivity index (χ1n) is 5.76. The zero-order chi connectivity index (χ0) is 12.1. The van der Waals surface area contributed by atoms with E-state index in [4.69, 9.17) is 9.47 Å².